The monoisotopic (exact) mass is 333 g/mol. The molecule has 0 aliphatic carbocycles. The number of aromatic nitrogens is 2. The molecule has 0 saturated heterocycles. The molecule has 5 nitrogen and oxygen atoms in total. The summed E-state index contributed by atoms with van der Waals surface area (Å²) < 4.78 is 5.70. The number of hydrogen-bond acceptors (Lipinski definition) is 4. The van der Waals surface area contributed by atoms with Crippen molar-refractivity contribution in [1.29, 1.82) is 0 Å². The van der Waals surface area contributed by atoms with E-state index in [1.165, 1.54) is 0 Å². The third kappa shape index (κ3) is 4.20. The van der Waals surface area contributed by atoms with Crippen molar-refractivity contribution in [1.82, 2.24) is 9.97 Å². The zero-order chi connectivity index (χ0) is 17.6. The Morgan fingerprint density at radius 2 is 1.88 bits per heavy atom. The van der Waals surface area contributed by atoms with Crippen molar-refractivity contribution in [3.8, 4) is 11.8 Å². The molecule has 0 saturated carbocycles. The van der Waals surface area contributed by atoms with Crippen LogP contribution in [0.3, 0.4) is 0 Å². The SMILES string of the molecule is CCc1cccc(C(=O)Nc2ccc(C)c(Oc3ncccn3)c2)c1. The van der Waals surface area contributed by atoms with Gasteiger partial charge >= 0.3 is 6.01 Å². The summed E-state index contributed by atoms with van der Waals surface area (Å²) in [5.41, 5.74) is 3.34. The number of amides is 1. The quantitative estimate of drug-likeness (QED) is 0.752. The van der Waals surface area contributed by atoms with Crippen molar-refractivity contribution in [2.24, 2.45) is 0 Å². The van der Waals surface area contributed by atoms with Gasteiger partial charge in [-0.25, -0.2) is 9.97 Å². The van der Waals surface area contributed by atoms with Gasteiger partial charge in [0.15, 0.2) is 0 Å². The van der Waals surface area contributed by atoms with Crippen LogP contribution in [-0.2, 0) is 6.42 Å². The van der Waals surface area contributed by atoms with E-state index in [1.54, 1.807) is 30.6 Å². The first-order chi connectivity index (χ1) is 12.2. The molecule has 2 aromatic carbocycles. The van der Waals surface area contributed by atoms with Gasteiger partial charge in [0.2, 0.25) is 0 Å². The molecule has 0 atom stereocenters. The topological polar surface area (TPSA) is 64.1 Å². The van der Waals surface area contributed by atoms with Gasteiger partial charge in [-0.15, -0.1) is 0 Å². The van der Waals surface area contributed by atoms with E-state index < -0.39 is 0 Å². The molecule has 0 spiro atoms. The number of anilines is 1. The summed E-state index contributed by atoms with van der Waals surface area (Å²) in [5.74, 6) is 0.451. The second-order valence-corrected chi connectivity index (χ2v) is 5.62. The molecule has 0 unspecified atom stereocenters. The maximum atomic E-state index is 12.5. The fourth-order valence-corrected chi connectivity index (χ4v) is 2.36. The molecule has 1 N–H and O–H groups in total. The molecule has 5 heteroatoms. The van der Waals surface area contributed by atoms with E-state index in [-0.39, 0.29) is 11.9 Å². The smallest absolute Gasteiger partial charge is 0.321 e. The number of rotatable bonds is 5. The third-order valence-electron chi connectivity index (χ3n) is 3.79. The Morgan fingerprint density at radius 3 is 2.64 bits per heavy atom. The van der Waals surface area contributed by atoms with Crippen LogP contribution in [0.25, 0.3) is 0 Å². The van der Waals surface area contributed by atoms with Gasteiger partial charge in [0, 0.05) is 29.7 Å². The highest BCUT2D eigenvalue weighted by Crippen LogP contribution is 2.26. The molecule has 1 amide bonds. The zero-order valence-electron chi connectivity index (χ0n) is 14.2. The van der Waals surface area contributed by atoms with Crippen molar-refractivity contribution < 1.29 is 9.53 Å². The number of aryl methyl sites for hydroxylation is 2. The fourth-order valence-electron chi connectivity index (χ4n) is 2.36. The second kappa shape index (κ2) is 7.57. The highest BCUT2D eigenvalue weighted by molar-refractivity contribution is 6.04. The van der Waals surface area contributed by atoms with Crippen molar-refractivity contribution in [2.45, 2.75) is 20.3 Å². The molecular weight excluding hydrogens is 314 g/mol. The van der Waals surface area contributed by atoms with Gasteiger partial charge in [0.05, 0.1) is 0 Å². The van der Waals surface area contributed by atoms with Crippen LogP contribution in [-0.4, -0.2) is 15.9 Å². The largest absolute Gasteiger partial charge is 0.424 e. The normalized spacial score (nSPS) is 10.3. The maximum Gasteiger partial charge on any atom is 0.321 e. The van der Waals surface area contributed by atoms with Gasteiger partial charge in [0.25, 0.3) is 5.91 Å². The first kappa shape index (κ1) is 16.6. The van der Waals surface area contributed by atoms with Crippen LogP contribution < -0.4 is 10.1 Å². The van der Waals surface area contributed by atoms with E-state index >= 15 is 0 Å². The summed E-state index contributed by atoms with van der Waals surface area (Å²) in [7, 11) is 0. The van der Waals surface area contributed by atoms with Crippen LogP contribution in [0.15, 0.2) is 60.9 Å². The van der Waals surface area contributed by atoms with Crippen molar-refractivity contribution in [3.63, 3.8) is 0 Å². The van der Waals surface area contributed by atoms with Crippen molar-refractivity contribution >= 4 is 11.6 Å². The lowest BCUT2D eigenvalue weighted by Gasteiger charge is -2.11. The van der Waals surface area contributed by atoms with Crippen LogP contribution in [0.4, 0.5) is 5.69 Å². The molecule has 1 aromatic heterocycles. The first-order valence-corrected chi connectivity index (χ1v) is 8.11. The molecule has 3 rings (SSSR count). The number of hydrogen-bond donors (Lipinski definition) is 1. The number of nitrogens with zero attached hydrogens (tertiary/aromatic N) is 2. The van der Waals surface area contributed by atoms with Crippen LogP contribution >= 0.6 is 0 Å². The summed E-state index contributed by atoms with van der Waals surface area (Å²) in [4.78, 5) is 20.6. The zero-order valence-corrected chi connectivity index (χ0v) is 14.2. The fraction of sp³-hybridized carbons (Fsp3) is 0.150. The molecule has 0 aliphatic heterocycles. The van der Waals surface area contributed by atoms with Gasteiger partial charge in [-0.1, -0.05) is 25.1 Å². The molecule has 126 valence electrons. The molecule has 1 heterocycles. The van der Waals surface area contributed by atoms with Gasteiger partial charge in [-0.3, -0.25) is 4.79 Å². The predicted molar refractivity (Wildman–Crippen MR) is 97.1 cm³/mol. The lowest BCUT2D eigenvalue weighted by atomic mass is 10.1. The van der Waals surface area contributed by atoms with Gasteiger partial charge in [0.1, 0.15) is 5.75 Å². The van der Waals surface area contributed by atoms with Crippen LogP contribution in [0.2, 0.25) is 0 Å². The number of benzene rings is 2. The molecule has 3 aromatic rings. The number of carbonyl (C=O) groups is 1. The number of nitrogens with one attached hydrogen (secondary N) is 1. The number of ether oxygens (including phenoxy) is 1. The highest BCUT2D eigenvalue weighted by atomic mass is 16.5. The second-order valence-electron chi connectivity index (χ2n) is 5.62. The van der Waals surface area contributed by atoms with E-state index in [9.17, 15) is 4.79 Å². The minimum Gasteiger partial charge on any atom is -0.424 e. The molecule has 0 aliphatic rings. The van der Waals surface area contributed by atoms with Crippen LogP contribution in [0, 0.1) is 6.92 Å². The summed E-state index contributed by atoms with van der Waals surface area (Å²) in [6.45, 7) is 3.99. The molecule has 0 fully saturated rings. The molecule has 0 radical (unpaired) electrons. The Balaban J connectivity index is 1.78. The van der Waals surface area contributed by atoms with Gasteiger partial charge in [-0.05, 0) is 48.7 Å². The van der Waals surface area contributed by atoms with E-state index in [2.05, 4.69) is 22.2 Å². The van der Waals surface area contributed by atoms with Crippen molar-refractivity contribution in [3.05, 3.63) is 77.6 Å². The minimum absolute atomic E-state index is 0.152. The van der Waals surface area contributed by atoms with E-state index in [1.807, 2.05) is 37.3 Å². The third-order valence-corrected chi connectivity index (χ3v) is 3.79. The van der Waals surface area contributed by atoms with E-state index in [0.717, 1.165) is 17.5 Å². The summed E-state index contributed by atoms with van der Waals surface area (Å²) >= 11 is 0. The Labute approximate surface area is 146 Å². The standard InChI is InChI=1S/C20H19N3O2/c1-3-15-6-4-7-16(12-15)19(24)23-17-9-8-14(2)18(13-17)25-20-21-10-5-11-22-20/h4-13H,3H2,1-2H3,(H,23,24). The summed E-state index contributed by atoms with van der Waals surface area (Å²) in [6.07, 6.45) is 4.12. The Kier molecular flexibility index (Phi) is 5.04. The summed E-state index contributed by atoms with van der Waals surface area (Å²) in [6, 6.07) is 15.1. The van der Waals surface area contributed by atoms with Crippen LogP contribution in [0.5, 0.6) is 11.8 Å². The maximum absolute atomic E-state index is 12.5. The van der Waals surface area contributed by atoms with Gasteiger partial charge < -0.3 is 10.1 Å². The van der Waals surface area contributed by atoms with Crippen LogP contribution in [0.1, 0.15) is 28.4 Å². The Hall–Kier alpha value is -3.21. The van der Waals surface area contributed by atoms with E-state index in [4.69, 9.17) is 4.74 Å². The van der Waals surface area contributed by atoms with Crippen molar-refractivity contribution in [2.75, 3.05) is 5.32 Å². The van der Waals surface area contributed by atoms with E-state index in [0.29, 0.717) is 17.0 Å². The molecular formula is C20H19N3O2. The summed E-state index contributed by atoms with van der Waals surface area (Å²) in [5, 5.41) is 2.90. The molecule has 25 heavy (non-hydrogen) atoms. The minimum atomic E-state index is -0.152. The van der Waals surface area contributed by atoms with Gasteiger partial charge in [-0.2, -0.15) is 0 Å². The average molecular weight is 333 g/mol. The Bertz CT molecular complexity index is 879. The molecule has 0 bridgehead atoms. The first-order valence-electron chi connectivity index (χ1n) is 8.11. The Morgan fingerprint density at radius 1 is 1.08 bits per heavy atom. The lowest BCUT2D eigenvalue weighted by molar-refractivity contribution is 0.102. The predicted octanol–water partition coefficient (Wildman–Crippen LogP) is 4.39. The lowest BCUT2D eigenvalue weighted by Crippen LogP contribution is -2.12. The average Bonchev–Trinajstić information content (AvgIpc) is 2.65. The number of carbonyl (C=O) groups excluding carboxylic acids is 1. The highest BCUT2D eigenvalue weighted by Gasteiger charge is 2.09.